The summed E-state index contributed by atoms with van der Waals surface area (Å²) in [5, 5.41) is 0.997. The van der Waals surface area contributed by atoms with Crippen LogP contribution in [0.2, 0.25) is 0 Å². The normalized spacial score (nSPS) is 16.3. The molecule has 0 spiro atoms. The first-order valence-electron chi connectivity index (χ1n) is 8.17. The van der Waals surface area contributed by atoms with Gasteiger partial charge >= 0.3 is 0 Å². The lowest BCUT2D eigenvalue weighted by molar-refractivity contribution is 0.384. The van der Waals surface area contributed by atoms with Crippen molar-refractivity contribution >= 4 is 37.4 Å². The van der Waals surface area contributed by atoms with Crippen LogP contribution in [-0.2, 0) is 10.0 Å². The summed E-state index contributed by atoms with van der Waals surface area (Å²) in [6, 6.07) is 7.19. The average molecular weight is 392 g/mol. The van der Waals surface area contributed by atoms with Gasteiger partial charge in [-0.05, 0) is 31.2 Å². The maximum absolute atomic E-state index is 13.4. The summed E-state index contributed by atoms with van der Waals surface area (Å²) in [6.07, 6.45) is 1.55. The summed E-state index contributed by atoms with van der Waals surface area (Å²) in [6.45, 7) is 3.73. The second kappa shape index (κ2) is 6.57. The highest BCUT2D eigenvalue weighted by Crippen LogP contribution is 2.30. The Bertz CT molecular complexity index is 1060. The molecule has 26 heavy (non-hydrogen) atoms. The summed E-state index contributed by atoms with van der Waals surface area (Å²) in [5.74, 6) is 0.281. The van der Waals surface area contributed by atoms with Gasteiger partial charge in [-0.2, -0.15) is 4.31 Å². The van der Waals surface area contributed by atoms with Gasteiger partial charge in [0.15, 0.2) is 0 Å². The van der Waals surface area contributed by atoms with E-state index >= 15 is 0 Å². The fourth-order valence-electron chi connectivity index (χ4n) is 3.13. The molecule has 4 rings (SSSR count). The summed E-state index contributed by atoms with van der Waals surface area (Å²) < 4.78 is 40.2. The molecule has 2 aromatic heterocycles. The Hall–Kier alpha value is -2.10. The maximum atomic E-state index is 13.4. The molecule has 1 aromatic carbocycles. The number of rotatable bonds is 3. The Morgan fingerprint density at radius 2 is 1.88 bits per heavy atom. The number of benzene rings is 1. The van der Waals surface area contributed by atoms with Crippen LogP contribution in [0.15, 0.2) is 41.6 Å². The Balaban J connectivity index is 1.55. The van der Waals surface area contributed by atoms with Crippen LogP contribution in [0.1, 0.15) is 4.88 Å². The minimum Gasteiger partial charge on any atom is -0.353 e. The lowest BCUT2D eigenvalue weighted by atomic mass is 10.3. The number of anilines is 1. The smallest absolute Gasteiger partial charge is 0.243 e. The number of sulfonamides is 1. The predicted molar refractivity (Wildman–Crippen MR) is 99.5 cm³/mol. The maximum Gasteiger partial charge on any atom is 0.243 e. The van der Waals surface area contributed by atoms with E-state index in [1.807, 2.05) is 6.92 Å². The molecule has 0 N–H and O–H groups in total. The molecular weight excluding hydrogens is 375 g/mol. The van der Waals surface area contributed by atoms with Gasteiger partial charge in [-0.3, -0.25) is 0 Å². The fourth-order valence-corrected chi connectivity index (χ4v) is 5.43. The van der Waals surface area contributed by atoms with Crippen LogP contribution < -0.4 is 4.90 Å². The Morgan fingerprint density at radius 1 is 1.12 bits per heavy atom. The van der Waals surface area contributed by atoms with Crippen molar-refractivity contribution < 1.29 is 12.8 Å². The summed E-state index contributed by atoms with van der Waals surface area (Å²) in [7, 11) is -3.69. The van der Waals surface area contributed by atoms with Gasteiger partial charge in [0.1, 0.15) is 22.8 Å². The van der Waals surface area contributed by atoms with Crippen molar-refractivity contribution in [3.8, 4) is 0 Å². The van der Waals surface area contributed by atoms with E-state index in [0.717, 1.165) is 27.0 Å². The average Bonchev–Trinajstić information content (AvgIpc) is 3.02. The van der Waals surface area contributed by atoms with Crippen LogP contribution >= 0.6 is 11.3 Å². The lowest BCUT2D eigenvalue weighted by Crippen LogP contribution is -2.49. The molecule has 1 aliphatic rings. The number of hydrogen-bond acceptors (Lipinski definition) is 6. The highest BCUT2D eigenvalue weighted by Gasteiger charge is 2.29. The van der Waals surface area contributed by atoms with Crippen molar-refractivity contribution in [2.75, 3.05) is 31.1 Å². The van der Waals surface area contributed by atoms with Crippen LogP contribution in [0.4, 0.5) is 10.2 Å². The van der Waals surface area contributed by atoms with Gasteiger partial charge in [-0.1, -0.05) is 6.07 Å². The van der Waals surface area contributed by atoms with Crippen LogP contribution in [-0.4, -0.2) is 48.9 Å². The standard InChI is InChI=1S/C17H17FN4O2S2/c1-12-9-15-16(19-11-20-17(15)25-12)21-5-7-22(8-6-21)26(23,24)14-4-2-3-13(18)10-14/h2-4,9-11H,5-8H2,1H3. The number of piperazine rings is 1. The van der Waals surface area contributed by atoms with Crippen LogP contribution in [0.5, 0.6) is 0 Å². The van der Waals surface area contributed by atoms with E-state index in [9.17, 15) is 12.8 Å². The monoisotopic (exact) mass is 392 g/mol. The van der Waals surface area contributed by atoms with Crippen LogP contribution in [0.25, 0.3) is 10.2 Å². The molecule has 0 bridgehead atoms. The van der Waals surface area contributed by atoms with Gasteiger partial charge in [0.25, 0.3) is 0 Å². The zero-order chi connectivity index (χ0) is 18.3. The molecule has 136 valence electrons. The molecule has 0 radical (unpaired) electrons. The number of nitrogens with zero attached hydrogens (tertiary/aromatic N) is 4. The van der Waals surface area contributed by atoms with E-state index in [1.54, 1.807) is 17.7 Å². The topological polar surface area (TPSA) is 66.4 Å². The first-order valence-corrected chi connectivity index (χ1v) is 10.4. The molecule has 0 saturated carbocycles. The summed E-state index contributed by atoms with van der Waals surface area (Å²) in [4.78, 5) is 12.9. The van der Waals surface area contributed by atoms with Gasteiger partial charge in [-0.15, -0.1) is 11.3 Å². The van der Waals surface area contributed by atoms with E-state index in [1.165, 1.54) is 22.5 Å². The number of fused-ring (bicyclic) bond motifs is 1. The molecule has 0 atom stereocenters. The number of thiophene rings is 1. The second-order valence-electron chi connectivity index (χ2n) is 6.12. The minimum atomic E-state index is -3.69. The molecule has 0 unspecified atom stereocenters. The quantitative estimate of drug-likeness (QED) is 0.686. The molecule has 0 amide bonds. The van der Waals surface area contributed by atoms with Crippen molar-refractivity contribution in [1.82, 2.24) is 14.3 Å². The summed E-state index contributed by atoms with van der Waals surface area (Å²) >= 11 is 1.61. The zero-order valence-corrected chi connectivity index (χ0v) is 15.7. The van der Waals surface area contributed by atoms with Gasteiger partial charge in [0.05, 0.1) is 10.3 Å². The van der Waals surface area contributed by atoms with Crippen molar-refractivity contribution in [1.29, 1.82) is 0 Å². The van der Waals surface area contributed by atoms with Crippen LogP contribution in [0, 0.1) is 12.7 Å². The molecule has 0 aliphatic carbocycles. The Morgan fingerprint density at radius 3 is 2.62 bits per heavy atom. The van der Waals surface area contributed by atoms with E-state index in [-0.39, 0.29) is 4.90 Å². The minimum absolute atomic E-state index is 0.0103. The Labute approximate surface area is 155 Å². The molecule has 1 aliphatic heterocycles. The van der Waals surface area contributed by atoms with Crippen molar-refractivity contribution in [3.63, 3.8) is 0 Å². The fraction of sp³-hybridized carbons (Fsp3) is 0.294. The SMILES string of the molecule is Cc1cc2c(N3CCN(S(=O)(=O)c4cccc(F)c4)CC3)ncnc2s1. The third kappa shape index (κ3) is 3.06. The van der Waals surface area contributed by atoms with Gasteiger partial charge in [0, 0.05) is 31.1 Å². The predicted octanol–water partition coefficient (Wildman–Crippen LogP) is 2.65. The summed E-state index contributed by atoms with van der Waals surface area (Å²) in [5.41, 5.74) is 0. The number of hydrogen-bond donors (Lipinski definition) is 0. The second-order valence-corrected chi connectivity index (χ2v) is 9.29. The lowest BCUT2D eigenvalue weighted by Gasteiger charge is -2.34. The van der Waals surface area contributed by atoms with E-state index in [4.69, 9.17) is 0 Å². The number of aryl methyl sites for hydroxylation is 1. The number of aromatic nitrogens is 2. The van der Waals surface area contributed by atoms with Crippen molar-refractivity contribution in [2.24, 2.45) is 0 Å². The van der Waals surface area contributed by atoms with Crippen molar-refractivity contribution in [3.05, 3.63) is 47.4 Å². The van der Waals surface area contributed by atoms with E-state index < -0.39 is 15.8 Å². The Kier molecular flexibility index (Phi) is 4.37. The van der Waals surface area contributed by atoms with Crippen molar-refractivity contribution in [2.45, 2.75) is 11.8 Å². The van der Waals surface area contributed by atoms with E-state index in [2.05, 4.69) is 20.9 Å². The van der Waals surface area contributed by atoms with Crippen LogP contribution in [0.3, 0.4) is 0 Å². The third-order valence-electron chi connectivity index (χ3n) is 4.40. The molecule has 1 saturated heterocycles. The molecule has 1 fully saturated rings. The molecule has 9 heteroatoms. The van der Waals surface area contributed by atoms with Gasteiger partial charge in [0.2, 0.25) is 10.0 Å². The molecule has 3 heterocycles. The first kappa shape index (κ1) is 17.3. The van der Waals surface area contributed by atoms with Gasteiger partial charge in [-0.25, -0.2) is 22.8 Å². The first-order chi connectivity index (χ1) is 12.4. The zero-order valence-electron chi connectivity index (χ0n) is 14.1. The van der Waals surface area contributed by atoms with Gasteiger partial charge < -0.3 is 4.90 Å². The molecular formula is C17H17FN4O2S2. The third-order valence-corrected chi connectivity index (χ3v) is 7.26. The molecule has 6 nitrogen and oxygen atoms in total. The largest absolute Gasteiger partial charge is 0.353 e. The highest BCUT2D eigenvalue weighted by atomic mass is 32.2. The molecule has 3 aromatic rings. The van der Waals surface area contributed by atoms with E-state index in [0.29, 0.717) is 26.2 Å². The highest BCUT2D eigenvalue weighted by molar-refractivity contribution is 7.89. The number of halogens is 1.